The number of nitrogens with one attached hydrogen (secondary N) is 1. The molecular weight excluding hydrogens is 304 g/mol. The lowest BCUT2D eigenvalue weighted by atomic mass is 10.0. The predicted molar refractivity (Wildman–Crippen MR) is 79.8 cm³/mol. The second-order valence-corrected chi connectivity index (χ2v) is 5.22. The Hall–Kier alpha value is -1.72. The quantitative estimate of drug-likeness (QED) is 0.780. The van der Waals surface area contributed by atoms with E-state index < -0.39 is 0 Å². The van der Waals surface area contributed by atoms with E-state index in [0.717, 1.165) is 33.4 Å². The van der Waals surface area contributed by atoms with Gasteiger partial charge in [-0.15, -0.1) is 0 Å². The summed E-state index contributed by atoms with van der Waals surface area (Å²) in [4.78, 5) is 12.1. The van der Waals surface area contributed by atoms with Crippen LogP contribution in [0.2, 0.25) is 0 Å². The Morgan fingerprint density at radius 1 is 1.26 bits per heavy atom. The number of fused-ring (bicyclic) bond motifs is 1. The smallest absolute Gasteiger partial charge is 0.178 e. The highest BCUT2D eigenvalue weighted by atomic mass is 79.9. The fourth-order valence-corrected chi connectivity index (χ4v) is 2.46. The fourth-order valence-electron chi connectivity index (χ4n) is 2.13. The Balaban J connectivity index is 2.13. The van der Waals surface area contributed by atoms with Gasteiger partial charge in [0, 0.05) is 16.2 Å². The number of H-pyrrole nitrogens is 1. The molecule has 2 heterocycles. The van der Waals surface area contributed by atoms with Crippen LogP contribution >= 0.6 is 15.9 Å². The van der Waals surface area contributed by atoms with Crippen LogP contribution in [0.5, 0.6) is 0 Å². The first-order valence-electron chi connectivity index (χ1n) is 6.07. The van der Waals surface area contributed by atoms with Gasteiger partial charge in [0.15, 0.2) is 5.65 Å². The number of aromatic nitrogens is 3. The highest BCUT2D eigenvalue weighted by molar-refractivity contribution is 9.10. The largest absolute Gasteiger partial charge is 0.337 e. The molecule has 0 aliphatic rings. The molecule has 1 aromatic carbocycles. The van der Waals surface area contributed by atoms with E-state index in [1.165, 1.54) is 5.56 Å². The zero-order valence-corrected chi connectivity index (χ0v) is 11.8. The van der Waals surface area contributed by atoms with Crippen molar-refractivity contribution in [2.45, 2.75) is 6.42 Å². The molecule has 0 spiro atoms. The molecule has 5 heteroatoms. The molecule has 0 radical (unpaired) electrons. The topological polar surface area (TPSA) is 67.6 Å². The van der Waals surface area contributed by atoms with Crippen molar-refractivity contribution in [1.29, 1.82) is 0 Å². The van der Waals surface area contributed by atoms with Crippen molar-refractivity contribution in [1.82, 2.24) is 15.0 Å². The van der Waals surface area contributed by atoms with Crippen LogP contribution in [-0.2, 0) is 6.42 Å². The molecule has 2 aromatic heterocycles. The number of pyridine rings is 1. The third-order valence-corrected chi connectivity index (χ3v) is 3.42. The Morgan fingerprint density at radius 3 is 2.95 bits per heavy atom. The van der Waals surface area contributed by atoms with Gasteiger partial charge in [0.2, 0.25) is 0 Å². The van der Waals surface area contributed by atoms with Gasteiger partial charge in [-0.1, -0.05) is 24.3 Å². The predicted octanol–water partition coefficient (Wildman–Crippen LogP) is 2.89. The Morgan fingerprint density at radius 2 is 2.11 bits per heavy atom. The number of nitrogens with two attached hydrogens (primary N) is 1. The number of hydrogen-bond acceptors (Lipinski definition) is 3. The van der Waals surface area contributed by atoms with E-state index in [2.05, 4.69) is 43.0 Å². The summed E-state index contributed by atoms with van der Waals surface area (Å²) in [6.07, 6.45) is 2.59. The third-order valence-electron chi connectivity index (χ3n) is 2.99. The second-order valence-electron chi connectivity index (χ2n) is 4.31. The van der Waals surface area contributed by atoms with Crippen molar-refractivity contribution in [2.24, 2.45) is 5.73 Å². The average molecular weight is 317 g/mol. The number of hydrogen-bond donors (Lipinski definition) is 2. The summed E-state index contributed by atoms with van der Waals surface area (Å²) in [5, 5.41) is 0. The van der Waals surface area contributed by atoms with E-state index in [0.29, 0.717) is 6.54 Å². The minimum atomic E-state index is 0.626. The van der Waals surface area contributed by atoms with Gasteiger partial charge in [-0.3, -0.25) is 0 Å². The molecule has 0 bridgehead atoms. The molecule has 0 aliphatic heterocycles. The van der Waals surface area contributed by atoms with Crippen LogP contribution in [0.25, 0.3) is 22.6 Å². The molecule has 3 N–H and O–H groups in total. The molecule has 0 unspecified atom stereocenters. The van der Waals surface area contributed by atoms with E-state index in [1.807, 2.05) is 18.2 Å². The van der Waals surface area contributed by atoms with Crippen LogP contribution in [0.4, 0.5) is 0 Å². The number of benzene rings is 1. The standard InChI is InChI=1S/C14H13BrN4/c15-10-7-12-14(17-8-10)19-13(18-12)11-4-2-1-3-9(11)5-6-16/h1-4,7-8H,5-6,16H2,(H,17,18,19). The van der Waals surface area contributed by atoms with Gasteiger partial charge >= 0.3 is 0 Å². The van der Waals surface area contributed by atoms with Crippen molar-refractivity contribution in [3.8, 4) is 11.4 Å². The molecule has 0 amide bonds. The van der Waals surface area contributed by atoms with Gasteiger partial charge in [-0.25, -0.2) is 9.97 Å². The van der Waals surface area contributed by atoms with E-state index in [4.69, 9.17) is 5.73 Å². The van der Waals surface area contributed by atoms with Crippen LogP contribution in [0.15, 0.2) is 41.0 Å². The number of nitrogens with zero attached hydrogens (tertiary/aromatic N) is 2. The van der Waals surface area contributed by atoms with E-state index in [-0.39, 0.29) is 0 Å². The summed E-state index contributed by atoms with van der Waals surface area (Å²) in [5.41, 5.74) is 9.58. The lowest BCUT2D eigenvalue weighted by Gasteiger charge is -2.05. The van der Waals surface area contributed by atoms with E-state index >= 15 is 0 Å². The van der Waals surface area contributed by atoms with Crippen LogP contribution in [-0.4, -0.2) is 21.5 Å². The molecule has 0 saturated heterocycles. The maximum Gasteiger partial charge on any atom is 0.178 e. The van der Waals surface area contributed by atoms with E-state index in [1.54, 1.807) is 6.20 Å². The van der Waals surface area contributed by atoms with Gasteiger partial charge in [0.1, 0.15) is 5.82 Å². The summed E-state index contributed by atoms with van der Waals surface area (Å²) in [7, 11) is 0. The van der Waals surface area contributed by atoms with Crippen molar-refractivity contribution in [3.05, 3.63) is 46.6 Å². The molecule has 0 saturated carbocycles. The molecule has 19 heavy (non-hydrogen) atoms. The van der Waals surface area contributed by atoms with Crippen molar-refractivity contribution < 1.29 is 0 Å². The van der Waals surface area contributed by atoms with Gasteiger partial charge in [0.25, 0.3) is 0 Å². The summed E-state index contributed by atoms with van der Waals surface area (Å²) in [6.45, 7) is 0.626. The van der Waals surface area contributed by atoms with Gasteiger partial charge in [-0.05, 0) is 40.5 Å². The van der Waals surface area contributed by atoms with Gasteiger partial charge in [0.05, 0.1) is 5.52 Å². The SMILES string of the molecule is NCCc1ccccc1-c1nc2ncc(Br)cc2[nH]1. The molecule has 3 aromatic rings. The summed E-state index contributed by atoms with van der Waals surface area (Å²) < 4.78 is 0.936. The molecule has 0 fully saturated rings. The maximum atomic E-state index is 5.65. The Kier molecular flexibility index (Phi) is 3.31. The lowest BCUT2D eigenvalue weighted by Crippen LogP contribution is -2.04. The van der Waals surface area contributed by atoms with Crippen LogP contribution in [0.3, 0.4) is 0 Å². The summed E-state index contributed by atoms with van der Waals surface area (Å²) in [6, 6.07) is 10.1. The van der Waals surface area contributed by atoms with Crippen LogP contribution < -0.4 is 5.73 Å². The normalized spacial score (nSPS) is 11.1. The molecule has 96 valence electrons. The molecular formula is C14H13BrN4. The zero-order chi connectivity index (χ0) is 13.2. The van der Waals surface area contributed by atoms with Crippen molar-refractivity contribution >= 4 is 27.1 Å². The zero-order valence-electron chi connectivity index (χ0n) is 10.2. The first kappa shape index (κ1) is 12.3. The first-order valence-corrected chi connectivity index (χ1v) is 6.87. The number of aromatic amines is 1. The second kappa shape index (κ2) is 5.11. The number of rotatable bonds is 3. The third kappa shape index (κ3) is 2.39. The Bertz CT molecular complexity index is 720. The summed E-state index contributed by atoms with van der Waals surface area (Å²) in [5.74, 6) is 0.838. The van der Waals surface area contributed by atoms with Gasteiger partial charge < -0.3 is 10.7 Å². The lowest BCUT2D eigenvalue weighted by molar-refractivity contribution is 0.968. The molecule has 0 aliphatic carbocycles. The molecule has 0 atom stereocenters. The van der Waals surface area contributed by atoms with E-state index in [9.17, 15) is 0 Å². The number of imidazole rings is 1. The highest BCUT2D eigenvalue weighted by Gasteiger charge is 2.09. The highest BCUT2D eigenvalue weighted by Crippen LogP contribution is 2.24. The maximum absolute atomic E-state index is 5.65. The van der Waals surface area contributed by atoms with Crippen LogP contribution in [0.1, 0.15) is 5.56 Å². The first-order chi connectivity index (χ1) is 9.28. The van der Waals surface area contributed by atoms with Crippen molar-refractivity contribution in [3.63, 3.8) is 0 Å². The van der Waals surface area contributed by atoms with Crippen molar-refractivity contribution in [2.75, 3.05) is 6.54 Å². The Labute approximate surface area is 119 Å². The van der Waals surface area contributed by atoms with Crippen LogP contribution in [0, 0.1) is 0 Å². The summed E-state index contributed by atoms with van der Waals surface area (Å²) >= 11 is 3.41. The molecule has 3 rings (SSSR count). The fraction of sp³-hybridized carbons (Fsp3) is 0.143. The molecule has 4 nitrogen and oxygen atoms in total. The monoisotopic (exact) mass is 316 g/mol. The average Bonchev–Trinajstić information content (AvgIpc) is 2.82. The minimum Gasteiger partial charge on any atom is -0.337 e. The number of halogens is 1. The minimum absolute atomic E-state index is 0.626. The van der Waals surface area contributed by atoms with Gasteiger partial charge in [-0.2, -0.15) is 0 Å².